The number of thiazole rings is 1. The Balaban J connectivity index is 2.04. The van der Waals surface area contributed by atoms with Crippen LogP contribution in [0.15, 0.2) is 29.4 Å². The number of aromatic nitrogens is 1. The van der Waals surface area contributed by atoms with Crippen LogP contribution in [0, 0.1) is 6.92 Å². The lowest BCUT2D eigenvalue weighted by Crippen LogP contribution is -1.99. The average Bonchev–Trinajstić information content (AvgIpc) is 2.81. The van der Waals surface area contributed by atoms with Crippen LogP contribution in [0.5, 0.6) is 5.75 Å². The van der Waals surface area contributed by atoms with Crippen molar-refractivity contribution in [2.45, 2.75) is 6.92 Å². The molecule has 7 heteroatoms. The van der Waals surface area contributed by atoms with Crippen LogP contribution in [0.3, 0.4) is 0 Å². The number of aryl methyl sites for hydroxylation is 1. The fourth-order valence-electron chi connectivity index (χ4n) is 1.45. The summed E-state index contributed by atoms with van der Waals surface area (Å²) in [6.45, 7) is 1.73. The molecule has 0 fully saturated rings. The van der Waals surface area contributed by atoms with Crippen LogP contribution in [0.4, 0.5) is 5.13 Å². The van der Waals surface area contributed by atoms with E-state index < -0.39 is 5.97 Å². The largest absolute Gasteiger partial charge is 0.508 e. The number of esters is 1. The normalized spacial score (nSPS) is 10.7. The second kappa shape index (κ2) is 6.16. The molecule has 0 atom stereocenters. The number of ether oxygens (including phenoxy) is 1. The number of benzene rings is 1. The molecule has 0 unspecified atom stereocenters. The molecule has 2 rings (SSSR count). The van der Waals surface area contributed by atoms with E-state index in [2.05, 4.69) is 20.2 Å². The third kappa shape index (κ3) is 3.33. The Morgan fingerprint density at radius 1 is 1.45 bits per heavy atom. The van der Waals surface area contributed by atoms with Gasteiger partial charge >= 0.3 is 5.97 Å². The van der Waals surface area contributed by atoms with Crippen molar-refractivity contribution in [3.05, 3.63) is 40.4 Å². The van der Waals surface area contributed by atoms with Gasteiger partial charge in [0.25, 0.3) is 0 Å². The lowest BCUT2D eigenvalue weighted by molar-refractivity contribution is 0.0605. The van der Waals surface area contributed by atoms with Crippen molar-refractivity contribution in [2.75, 3.05) is 12.5 Å². The van der Waals surface area contributed by atoms with Gasteiger partial charge in [-0.2, -0.15) is 5.10 Å². The summed E-state index contributed by atoms with van der Waals surface area (Å²) >= 11 is 1.18. The SMILES string of the molecule is COC(=O)c1sc(N/N=C\c2ccc(O)cc2)nc1C. The van der Waals surface area contributed by atoms with Crippen molar-refractivity contribution >= 4 is 28.7 Å². The molecule has 0 aliphatic heterocycles. The summed E-state index contributed by atoms with van der Waals surface area (Å²) in [4.78, 5) is 16.1. The van der Waals surface area contributed by atoms with Gasteiger partial charge in [-0.25, -0.2) is 9.78 Å². The molecule has 0 saturated carbocycles. The van der Waals surface area contributed by atoms with Crippen molar-refractivity contribution in [2.24, 2.45) is 5.10 Å². The number of carbonyl (C=O) groups is 1. The third-order valence-electron chi connectivity index (χ3n) is 2.43. The molecule has 1 heterocycles. The van der Waals surface area contributed by atoms with Crippen LogP contribution in [-0.4, -0.2) is 29.4 Å². The Labute approximate surface area is 119 Å². The van der Waals surface area contributed by atoms with Crippen LogP contribution < -0.4 is 5.43 Å². The number of methoxy groups -OCH3 is 1. The van der Waals surface area contributed by atoms with Gasteiger partial charge in [0.05, 0.1) is 19.0 Å². The molecule has 0 bridgehead atoms. The first-order valence-corrected chi connectivity index (χ1v) is 6.55. The Bertz CT molecular complexity index is 635. The van der Waals surface area contributed by atoms with Crippen molar-refractivity contribution < 1.29 is 14.6 Å². The number of phenolic OH excluding ortho intramolecular Hbond substituents is 1. The van der Waals surface area contributed by atoms with Gasteiger partial charge in [0.1, 0.15) is 10.6 Å². The smallest absolute Gasteiger partial charge is 0.350 e. The first kappa shape index (κ1) is 14.0. The summed E-state index contributed by atoms with van der Waals surface area (Å²) in [6.07, 6.45) is 1.59. The highest BCUT2D eigenvalue weighted by atomic mass is 32.1. The summed E-state index contributed by atoms with van der Waals surface area (Å²) in [5.41, 5.74) is 4.19. The second-order valence-corrected chi connectivity index (χ2v) is 4.89. The minimum atomic E-state index is -0.407. The van der Waals surface area contributed by atoms with Gasteiger partial charge in [-0.3, -0.25) is 5.43 Å². The molecular formula is C13H13N3O3S. The van der Waals surface area contributed by atoms with Crippen LogP contribution in [-0.2, 0) is 4.74 Å². The number of hydrogen-bond donors (Lipinski definition) is 2. The van der Waals surface area contributed by atoms with E-state index >= 15 is 0 Å². The molecular weight excluding hydrogens is 278 g/mol. The van der Waals surface area contributed by atoms with Crippen molar-refractivity contribution in [1.29, 1.82) is 0 Å². The highest BCUT2D eigenvalue weighted by Crippen LogP contribution is 2.23. The number of carbonyl (C=O) groups excluding carboxylic acids is 1. The Morgan fingerprint density at radius 2 is 2.15 bits per heavy atom. The first-order chi connectivity index (χ1) is 9.60. The van der Waals surface area contributed by atoms with Crippen molar-refractivity contribution in [3.63, 3.8) is 0 Å². The molecule has 0 aliphatic carbocycles. The molecule has 104 valence electrons. The topological polar surface area (TPSA) is 83.8 Å². The zero-order valence-corrected chi connectivity index (χ0v) is 11.8. The minimum absolute atomic E-state index is 0.202. The third-order valence-corrected chi connectivity index (χ3v) is 3.48. The van der Waals surface area contributed by atoms with E-state index in [4.69, 9.17) is 5.11 Å². The second-order valence-electron chi connectivity index (χ2n) is 3.89. The van der Waals surface area contributed by atoms with Crippen LogP contribution >= 0.6 is 11.3 Å². The molecule has 0 amide bonds. The Kier molecular flexibility index (Phi) is 4.31. The van der Waals surface area contributed by atoms with Gasteiger partial charge < -0.3 is 9.84 Å². The molecule has 6 nitrogen and oxygen atoms in total. The van der Waals surface area contributed by atoms with Gasteiger partial charge in [0.2, 0.25) is 5.13 Å². The van der Waals surface area contributed by atoms with Gasteiger partial charge in [-0.15, -0.1) is 0 Å². The molecule has 0 aliphatic rings. The number of hydrazone groups is 1. The summed E-state index contributed by atoms with van der Waals surface area (Å²) in [6, 6.07) is 6.61. The summed E-state index contributed by atoms with van der Waals surface area (Å²) in [5, 5.41) is 13.7. The highest BCUT2D eigenvalue weighted by molar-refractivity contribution is 7.17. The van der Waals surface area contributed by atoms with E-state index in [1.807, 2.05) is 0 Å². The van der Waals surface area contributed by atoms with Gasteiger partial charge in [-0.1, -0.05) is 11.3 Å². The number of hydrogen-bond acceptors (Lipinski definition) is 7. The van der Waals surface area contributed by atoms with Gasteiger partial charge in [0, 0.05) is 0 Å². The fraction of sp³-hybridized carbons (Fsp3) is 0.154. The molecule has 20 heavy (non-hydrogen) atoms. The van der Waals surface area contributed by atoms with Gasteiger partial charge in [-0.05, 0) is 36.8 Å². The molecule has 2 aromatic rings. The molecule has 0 radical (unpaired) electrons. The number of nitrogens with one attached hydrogen (secondary N) is 1. The van der Waals surface area contributed by atoms with Gasteiger partial charge in [0.15, 0.2) is 0 Å². The molecule has 1 aromatic heterocycles. The maximum atomic E-state index is 11.4. The van der Waals surface area contributed by atoms with Crippen LogP contribution in [0.1, 0.15) is 20.9 Å². The van der Waals surface area contributed by atoms with Crippen LogP contribution in [0.25, 0.3) is 0 Å². The standard InChI is InChI=1S/C13H13N3O3S/c1-8-11(12(18)19-2)20-13(15-8)16-14-7-9-3-5-10(17)6-4-9/h3-7,17H,1-2H3,(H,15,16)/b14-7-. The predicted molar refractivity (Wildman–Crippen MR) is 77.5 cm³/mol. The quantitative estimate of drug-likeness (QED) is 0.513. The number of nitrogens with zero attached hydrogens (tertiary/aromatic N) is 2. The Hall–Kier alpha value is -2.41. The minimum Gasteiger partial charge on any atom is -0.508 e. The summed E-state index contributed by atoms with van der Waals surface area (Å²) < 4.78 is 4.66. The van der Waals surface area contributed by atoms with Crippen molar-refractivity contribution in [1.82, 2.24) is 4.98 Å². The number of rotatable bonds is 4. The average molecular weight is 291 g/mol. The summed E-state index contributed by atoms with van der Waals surface area (Å²) in [5.74, 6) is -0.205. The maximum Gasteiger partial charge on any atom is 0.350 e. The van der Waals surface area contributed by atoms with E-state index in [-0.39, 0.29) is 5.75 Å². The lowest BCUT2D eigenvalue weighted by atomic mass is 10.2. The van der Waals surface area contributed by atoms with Crippen LogP contribution in [0.2, 0.25) is 0 Å². The van der Waals surface area contributed by atoms with E-state index in [1.54, 1.807) is 37.4 Å². The summed E-state index contributed by atoms with van der Waals surface area (Å²) in [7, 11) is 1.33. The molecule has 0 saturated heterocycles. The maximum absolute atomic E-state index is 11.4. The van der Waals surface area contributed by atoms with E-state index in [0.717, 1.165) is 5.56 Å². The Morgan fingerprint density at radius 3 is 2.80 bits per heavy atom. The highest BCUT2D eigenvalue weighted by Gasteiger charge is 2.15. The number of phenols is 1. The lowest BCUT2D eigenvalue weighted by Gasteiger charge is -1.95. The zero-order chi connectivity index (χ0) is 14.5. The fourth-order valence-corrected chi connectivity index (χ4v) is 2.28. The number of anilines is 1. The molecule has 1 aromatic carbocycles. The number of aromatic hydroxyl groups is 1. The van der Waals surface area contributed by atoms with Crippen molar-refractivity contribution in [3.8, 4) is 5.75 Å². The molecule has 2 N–H and O–H groups in total. The van der Waals surface area contributed by atoms with E-state index in [0.29, 0.717) is 15.7 Å². The van der Waals surface area contributed by atoms with E-state index in [1.165, 1.54) is 18.4 Å². The molecule has 0 spiro atoms. The zero-order valence-electron chi connectivity index (χ0n) is 11.0. The van der Waals surface area contributed by atoms with E-state index in [9.17, 15) is 4.79 Å². The monoisotopic (exact) mass is 291 g/mol. The first-order valence-electron chi connectivity index (χ1n) is 5.74. The predicted octanol–water partition coefficient (Wildman–Crippen LogP) is 2.39.